The van der Waals surface area contributed by atoms with Gasteiger partial charge in [0.2, 0.25) is 0 Å². The first kappa shape index (κ1) is 16.0. The second-order valence-corrected chi connectivity index (χ2v) is 5.94. The largest absolute Gasteiger partial charge is 0.462 e. The van der Waals surface area contributed by atoms with Crippen LogP contribution < -0.4 is 4.72 Å². The first-order valence-corrected chi connectivity index (χ1v) is 8.11. The quantitative estimate of drug-likeness (QED) is 0.381. The molecule has 0 bridgehead atoms. The molecular weight excluding hydrogens is 310 g/mol. The van der Waals surface area contributed by atoms with Crippen molar-refractivity contribution in [2.75, 3.05) is 13.2 Å². The maximum Gasteiger partial charge on any atom is 0.347 e. The van der Waals surface area contributed by atoms with Gasteiger partial charge in [-0.15, -0.1) is 0 Å². The maximum atomic E-state index is 12.1. The van der Waals surface area contributed by atoms with Crippen molar-refractivity contribution >= 4 is 27.7 Å². The van der Waals surface area contributed by atoms with E-state index in [2.05, 4.69) is 4.72 Å². The van der Waals surface area contributed by atoms with E-state index in [9.17, 15) is 18.0 Å². The van der Waals surface area contributed by atoms with Crippen molar-refractivity contribution in [3.8, 4) is 0 Å². The fraction of sp³-hybridized carbons (Fsp3) is 0.286. The van der Waals surface area contributed by atoms with Crippen molar-refractivity contribution in [3.63, 3.8) is 0 Å². The predicted octanol–water partition coefficient (Wildman–Crippen LogP) is 0.816. The van der Waals surface area contributed by atoms with Crippen LogP contribution in [0.1, 0.15) is 19.4 Å². The summed E-state index contributed by atoms with van der Waals surface area (Å²) in [7, 11) is -3.82. The number of rotatable bonds is 4. The molecule has 0 saturated heterocycles. The molecule has 118 valence electrons. The van der Waals surface area contributed by atoms with Crippen LogP contribution in [0.4, 0.5) is 0 Å². The number of ether oxygens (including phenoxy) is 2. The van der Waals surface area contributed by atoms with Gasteiger partial charge in [-0.3, -0.25) is 4.72 Å². The molecule has 1 aromatic carbocycles. The number of nitrogens with one attached hydrogen (secondary N) is 1. The van der Waals surface area contributed by atoms with Gasteiger partial charge in [0, 0.05) is 5.56 Å². The van der Waals surface area contributed by atoms with Crippen LogP contribution in [0.2, 0.25) is 0 Å². The molecule has 22 heavy (non-hydrogen) atoms. The molecule has 0 fully saturated rings. The average Bonchev–Trinajstić information content (AvgIpc) is 2.72. The third-order valence-corrected chi connectivity index (χ3v) is 4.30. The van der Waals surface area contributed by atoms with Gasteiger partial charge in [-0.25, -0.2) is 18.0 Å². The Morgan fingerprint density at radius 1 is 1.05 bits per heavy atom. The van der Waals surface area contributed by atoms with Crippen molar-refractivity contribution in [2.45, 2.75) is 18.7 Å². The van der Waals surface area contributed by atoms with Crippen LogP contribution in [0.3, 0.4) is 0 Å². The van der Waals surface area contributed by atoms with Crippen LogP contribution in [-0.4, -0.2) is 33.6 Å². The smallest absolute Gasteiger partial charge is 0.347 e. The molecule has 8 heteroatoms. The van der Waals surface area contributed by atoms with E-state index < -0.39 is 27.5 Å². The molecule has 0 saturated carbocycles. The van der Waals surface area contributed by atoms with Crippen molar-refractivity contribution in [1.82, 2.24) is 4.72 Å². The van der Waals surface area contributed by atoms with Crippen molar-refractivity contribution in [2.24, 2.45) is 0 Å². The molecule has 0 atom stereocenters. The minimum absolute atomic E-state index is 0.00361. The zero-order valence-electron chi connectivity index (χ0n) is 12.1. The van der Waals surface area contributed by atoms with Gasteiger partial charge in [0.1, 0.15) is 0 Å². The third-order valence-electron chi connectivity index (χ3n) is 2.89. The van der Waals surface area contributed by atoms with Crippen LogP contribution >= 0.6 is 0 Å². The molecule has 0 spiro atoms. The summed E-state index contributed by atoms with van der Waals surface area (Å²) in [5.41, 5.74) is -0.344. The number of fused-ring (bicyclic) bond motifs is 1. The number of benzene rings is 1. The lowest BCUT2D eigenvalue weighted by molar-refractivity contribution is -0.146. The van der Waals surface area contributed by atoms with Crippen LogP contribution in [0.25, 0.3) is 5.70 Å². The normalized spacial score (nSPS) is 14.7. The molecule has 1 N–H and O–H groups in total. The molecule has 7 nitrogen and oxygen atoms in total. The highest BCUT2D eigenvalue weighted by Gasteiger charge is 2.36. The molecule has 0 amide bonds. The van der Waals surface area contributed by atoms with Gasteiger partial charge in [0.15, 0.2) is 5.57 Å². The number of hydrogen-bond acceptors (Lipinski definition) is 6. The lowest BCUT2D eigenvalue weighted by Crippen LogP contribution is -2.24. The van der Waals surface area contributed by atoms with Crippen molar-refractivity contribution in [1.29, 1.82) is 0 Å². The molecule has 1 aliphatic rings. The number of esters is 2. The Balaban J connectivity index is 2.66. The van der Waals surface area contributed by atoms with Gasteiger partial charge in [-0.05, 0) is 19.9 Å². The average molecular weight is 325 g/mol. The molecular formula is C14H15NO6S. The topological polar surface area (TPSA) is 98.8 Å². The second-order valence-electron chi connectivity index (χ2n) is 4.29. The Bertz CT molecular complexity index is 730. The van der Waals surface area contributed by atoms with Gasteiger partial charge in [-0.2, -0.15) is 0 Å². The summed E-state index contributed by atoms with van der Waals surface area (Å²) in [4.78, 5) is 24.1. The molecule has 1 aliphatic heterocycles. The Hall–Kier alpha value is -2.35. The maximum absolute atomic E-state index is 12.1. The van der Waals surface area contributed by atoms with E-state index in [-0.39, 0.29) is 29.4 Å². The molecule has 1 aromatic rings. The van der Waals surface area contributed by atoms with E-state index in [4.69, 9.17) is 9.47 Å². The number of carbonyl (C=O) groups is 2. The van der Waals surface area contributed by atoms with Crippen LogP contribution in [-0.2, 0) is 29.1 Å². The Kier molecular flexibility index (Phi) is 4.51. The van der Waals surface area contributed by atoms with Crippen molar-refractivity contribution in [3.05, 3.63) is 35.4 Å². The van der Waals surface area contributed by atoms with Gasteiger partial charge in [0.05, 0.1) is 23.8 Å². The zero-order valence-corrected chi connectivity index (χ0v) is 12.9. The number of sulfonamides is 1. The summed E-state index contributed by atoms with van der Waals surface area (Å²) >= 11 is 0. The minimum atomic E-state index is -3.82. The van der Waals surface area contributed by atoms with E-state index in [0.29, 0.717) is 0 Å². The van der Waals surface area contributed by atoms with Crippen LogP contribution in [0.15, 0.2) is 34.7 Å². The first-order chi connectivity index (χ1) is 10.4. The van der Waals surface area contributed by atoms with Gasteiger partial charge in [0.25, 0.3) is 10.0 Å². The lowest BCUT2D eigenvalue weighted by atomic mass is 10.1. The Morgan fingerprint density at radius 2 is 1.59 bits per heavy atom. The molecule has 0 aromatic heterocycles. The number of carbonyl (C=O) groups excluding carboxylic acids is 2. The third kappa shape index (κ3) is 2.82. The van der Waals surface area contributed by atoms with E-state index in [1.165, 1.54) is 12.1 Å². The summed E-state index contributed by atoms with van der Waals surface area (Å²) < 4.78 is 36.1. The highest BCUT2D eigenvalue weighted by molar-refractivity contribution is 7.90. The van der Waals surface area contributed by atoms with Crippen LogP contribution in [0, 0.1) is 0 Å². The molecule has 0 radical (unpaired) electrons. The highest BCUT2D eigenvalue weighted by atomic mass is 32.2. The second kappa shape index (κ2) is 6.18. The Morgan fingerprint density at radius 3 is 2.14 bits per heavy atom. The van der Waals surface area contributed by atoms with E-state index in [1.54, 1.807) is 26.0 Å². The number of hydrogen-bond donors (Lipinski definition) is 1. The van der Waals surface area contributed by atoms with Crippen molar-refractivity contribution < 1.29 is 27.5 Å². The summed E-state index contributed by atoms with van der Waals surface area (Å²) in [5.74, 6) is -1.87. The predicted molar refractivity (Wildman–Crippen MR) is 76.9 cm³/mol. The standard InChI is InChI=1S/C14H15NO6S/c1-3-20-13(16)11(14(17)21-4-2)12-9-7-5-6-8-10(9)22(18,19)15-12/h5-8,15H,3-4H2,1-2H3. The Labute approximate surface area is 128 Å². The molecule has 2 rings (SSSR count). The molecule has 0 unspecified atom stereocenters. The monoisotopic (exact) mass is 325 g/mol. The fourth-order valence-corrected chi connectivity index (χ4v) is 3.34. The minimum Gasteiger partial charge on any atom is -0.462 e. The first-order valence-electron chi connectivity index (χ1n) is 6.63. The summed E-state index contributed by atoms with van der Waals surface area (Å²) in [5, 5.41) is 0. The molecule has 1 heterocycles. The summed E-state index contributed by atoms with van der Waals surface area (Å²) in [6.07, 6.45) is 0. The SMILES string of the molecule is CCOC(=O)C(C(=O)OCC)=C1NS(=O)(=O)c2ccccc21. The van der Waals surface area contributed by atoms with Gasteiger partial charge in [-0.1, -0.05) is 18.2 Å². The van der Waals surface area contributed by atoms with E-state index >= 15 is 0 Å². The highest BCUT2D eigenvalue weighted by Crippen LogP contribution is 2.32. The van der Waals surface area contributed by atoms with Crippen LogP contribution in [0.5, 0.6) is 0 Å². The van der Waals surface area contributed by atoms with Gasteiger partial charge < -0.3 is 9.47 Å². The lowest BCUT2D eigenvalue weighted by Gasteiger charge is -2.10. The van der Waals surface area contributed by atoms with E-state index in [1.807, 2.05) is 0 Å². The fourth-order valence-electron chi connectivity index (χ4n) is 2.03. The van der Waals surface area contributed by atoms with E-state index in [0.717, 1.165) is 0 Å². The zero-order chi connectivity index (χ0) is 16.3. The summed E-state index contributed by atoms with van der Waals surface area (Å²) in [6, 6.07) is 6.05. The summed E-state index contributed by atoms with van der Waals surface area (Å²) in [6.45, 7) is 3.25. The van der Waals surface area contributed by atoms with Gasteiger partial charge >= 0.3 is 11.9 Å². The molecule has 0 aliphatic carbocycles.